The van der Waals surface area contributed by atoms with Gasteiger partial charge in [0.2, 0.25) is 0 Å². The van der Waals surface area contributed by atoms with E-state index < -0.39 is 10.2 Å². The molecule has 0 aromatic rings. The molecule has 0 spiro atoms. The lowest BCUT2D eigenvalue weighted by Gasteiger charge is -2.10. The van der Waals surface area contributed by atoms with Crippen LogP contribution in [0.15, 0.2) is 0 Å². The molecule has 0 saturated heterocycles. The summed E-state index contributed by atoms with van der Waals surface area (Å²) >= 11 is 0. The molecule has 0 atom stereocenters. The number of terminal acetylenes is 1. The first kappa shape index (κ1) is 10.4. The van der Waals surface area contributed by atoms with E-state index in [0.29, 0.717) is 6.42 Å². The number of rotatable bonds is 4. The lowest BCUT2D eigenvalue weighted by molar-refractivity contribution is 0.506. The molecule has 0 rings (SSSR count). The second-order valence-corrected chi connectivity index (χ2v) is 4.10. The maximum atomic E-state index is 11.0. The molecule has 0 heterocycles. The molecule has 11 heavy (non-hydrogen) atoms. The van der Waals surface area contributed by atoms with E-state index in [1.807, 2.05) is 0 Å². The van der Waals surface area contributed by atoms with E-state index in [9.17, 15) is 8.42 Å². The molecule has 0 aromatic carbocycles. The Hall–Kier alpha value is -0.570. The van der Waals surface area contributed by atoms with Gasteiger partial charge in [-0.1, -0.05) is 0 Å². The highest BCUT2D eigenvalue weighted by atomic mass is 32.2. The zero-order valence-electron chi connectivity index (χ0n) is 6.66. The smallest absolute Gasteiger partial charge is 0.201 e. The summed E-state index contributed by atoms with van der Waals surface area (Å²) in [5, 5.41) is 0. The fourth-order valence-electron chi connectivity index (χ4n) is 0.381. The van der Waals surface area contributed by atoms with Crippen LogP contribution < -0.4 is 4.72 Å². The van der Waals surface area contributed by atoms with Gasteiger partial charge in [-0.15, -0.1) is 12.3 Å². The van der Waals surface area contributed by atoms with Crippen molar-refractivity contribution in [2.75, 3.05) is 20.6 Å². The van der Waals surface area contributed by atoms with E-state index in [-0.39, 0.29) is 6.54 Å². The van der Waals surface area contributed by atoms with Crippen molar-refractivity contribution in [1.29, 1.82) is 0 Å². The molecule has 0 unspecified atom stereocenters. The predicted octanol–water partition coefficient (Wildman–Crippen LogP) is -0.594. The first-order valence-electron chi connectivity index (χ1n) is 3.11. The third kappa shape index (κ3) is 3.98. The van der Waals surface area contributed by atoms with Gasteiger partial charge in [0, 0.05) is 27.1 Å². The minimum atomic E-state index is -3.28. The lowest BCUT2D eigenvalue weighted by Crippen LogP contribution is -2.35. The summed E-state index contributed by atoms with van der Waals surface area (Å²) in [7, 11) is -0.370. The van der Waals surface area contributed by atoms with Crippen molar-refractivity contribution in [3.63, 3.8) is 0 Å². The summed E-state index contributed by atoms with van der Waals surface area (Å²) in [5.74, 6) is 2.33. The van der Waals surface area contributed by atoms with Crippen LogP contribution in [0.4, 0.5) is 0 Å². The molecule has 0 bridgehead atoms. The lowest BCUT2D eigenvalue weighted by atomic mass is 10.5. The zero-order valence-corrected chi connectivity index (χ0v) is 7.48. The molecule has 5 heteroatoms. The molecule has 0 amide bonds. The SMILES string of the molecule is C#CCCNS(=O)(=O)N(C)C. The van der Waals surface area contributed by atoms with Gasteiger partial charge in [-0.05, 0) is 0 Å². The van der Waals surface area contributed by atoms with Crippen LogP contribution >= 0.6 is 0 Å². The van der Waals surface area contributed by atoms with Crippen LogP contribution in [-0.4, -0.2) is 33.4 Å². The van der Waals surface area contributed by atoms with Gasteiger partial charge < -0.3 is 0 Å². The predicted molar refractivity (Wildman–Crippen MR) is 44.1 cm³/mol. The Morgan fingerprint density at radius 3 is 2.45 bits per heavy atom. The molecule has 64 valence electrons. The number of nitrogens with zero attached hydrogens (tertiary/aromatic N) is 1. The topological polar surface area (TPSA) is 49.4 Å². The molecule has 0 aliphatic carbocycles. The van der Waals surface area contributed by atoms with Crippen molar-refractivity contribution >= 4 is 10.2 Å². The first-order valence-corrected chi connectivity index (χ1v) is 4.55. The Morgan fingerprint density at radius 2 is 2.09 bits per heavy atom. The van der Waals surface area contributed by atoms with Crippen molar-refractivity contribution < 1.29 is 8.42 Å². The fraction of sp³-hybridized carbons (Fsp3) is 0.667. The van der Waals surface area contributed by atoms with Crippen LogP contribution in [0.25, 0.3) is 0 Å². The van der Waals surface area contributed by atoms with Gasteiger partial charge >= 0.3 is 0 Å². The van der Waals surface area contributed by atoms with Crippen LogP contribution in [0.1, 0.15) is 6.42 Å². The summed E-state index contributed by atoms with van der Waals surface area (Å²) in [6.07, 6.45) is 5.35. The standard InChI is InChI=1S/C6H12N2O2S/c1-4-5-6-7-11(9,10)8(2)3/h1,7H,5-6H2,2-3H3. The largest absolute Gasteiger partial charge is 0.278 e. The van der Waals surface area contributed by atoms with E-state index in [0.717, 1.165) is 4.31 Å². The molecule has 0 saturated carbocycles. The van der Waals surface area contributed by atoms with Crippen LogP contribution in [0.2, 0.25) is 0 Å². The van der Waals surface area contributed by atoms with Gasteiger partial charge in [-0.2, -0.15) is 12.7 Å². The van der Waals surface area contributed by atoms with Crippen molar-refractivity contribution in [2.45, 2.75) is 6.42 Å². The number of hydrogen-bond acceptors (Lipinski definition) is 2. The Bertz CT molecular complexity index is 238. The fourth-order valence-corrected chi connectivity index (χ4v) is 0.999. The van der Waals surface area contributed by atoms with E-state index in [1.165, 1.54) is 14.1 Å². The maximum absolute atomic E-state index is 11.0. The quantitative estimate of drug-likeness (QED) is 0.459. The van der Waals surface area contributed by atoms with Gasteiger partial charge in [-0.25, -0.2) is 4.72 Å². The van der Waals surface area contributed by atoms with E-state index in [2.05, 4.69) is 10.6 Å². The van der Waals surface area contributed by atoms with E-state index in [4.69, 9.17) is 6.42 Å². The monoisotopic (exact) mass is 176 g/mol. The third-order valence-corrected chi connectivity index (χ3v) is 2.56. The molecular weight excluding hydrogens is 164 g/mol. The van der Waals surface area contributed by atoms with Crippen molar-refractivity contribution in [3.8, 4) is 12.3 Å². The molecule has 0 aromatic heterocycles. The normalized spacial score (nSPS) is 11.5. The highest BCUT2D eigenvalue weighted by Crippen LogP contribution is 1.87. The summed E-state index contributed by atoms with van der Waals surface area (Å²) < 4.78 is 25.3. The van der Waals surface area contributed by atoms with Gasteiger partial charge in [0.1, 0.15) is 0 Å². The Balaban J connectivity index is 3.87. The minimum Gasteiger partial charge on any atom is -0.201 e. The molecule has 0 aliphatic heterocycles. The molecule has 0 radical (unpaired) electrons. The van der Waals surface area contributed by atoms with Crippen LogP contribution in [0, 0.1) is 12.3 Å². The molecule has 1 N–H and O–H groups in total. The molecule has 0 aliphatic rings. The van der Waals surface area contributed by atoms with Crippen molar-refractivity contribution in [2.24, 2.45) is 0 Å². The highest BCUT2D eigenvalue weighted by molar-refractivity contribution is 7.87. The second kappa shape index (κ2) is 4.34. The Kier molecular flexibility index (Phi) is 4.11. The van der Waals surface area contributed by atoms with E-state index in [1.54, 1.807) is 0 Å². The van der Waals surface area contributed by atoms with Crippen LogP contribution in [0.3, 0.4) is 0 Å². The number of nitrogens with one attached hydrogen (secondary N) is 1. The highest BCUT2D eigenvalue weighted by Gasteiger charge is 2.10. The van der Waals surface area contributed by atoms with Crippen molar-refractivity contribution in [1.82, 2.24) is 9.03 Å². The Morgan fingerprint density at radius 1 is 1.55 bits per heavy atom. The molecule has 0 fully saturated rings. The third-order valence-electron chi connectivity index (χ3n) is 1.03. The van der Waals surface area contributed by atoms with Crippen LogP contribution in [-0.2, 0) is 10.2 Å². The molecular formula is C6H12N2O2S. The van der Waals surface area contributed by atoms with E-state index >= 15 is 0 Å². The van der Waals surface area contributed by atoms with Gasteiger partial charge in [0.15, 0.2) is 0 Å². The maximum Gasteiger partial charge on any atom is 0.278 e. The zero-order chi connectivity index (χ0) is 8.91. The Labute approximate surface area is 67.8 Å². The minimum absolute atomic E-state index is 0.289. The summed E-state index contributed by atoms with van der Waals surface area (Å²) in [4.78, 5) is 0. The summed E-state index contributed by atoms with van der Waals surface area (Å²) in [6, 6.07) is 0. The van der Waals surface area contributed by atoms with Gasteiger partial charge in [0.05, 0.1) is 0 Å². The summed E-state index contributed by atoms with van der Waals surface area (Å²) in [5.41, 5.74) is 0. The second-order valence-electron chi connectivity index (χ2n) is 2.14. The number of hydrogen-bond donors (Lipinski definition) is 1. The summed E-state index contributed by atoms with van der Waals surface area (Å²) in [6.45, 7) is 0.289. The molecule has 4 nitrogen and oxygen atoms in total. The van der Waals surface area contributed by atoms with Crippen LogP contribution in [0.5, 0.6) is 0 Å². The van der Waals surface area contributed by atoms with Crippen molar-refractivity contribution in [3.05, 3.63) is 0 Å². The van der Waals surface area contributed by atoms with Gasteiger partial charge in [0.25, 0.3) is 10.2 Å². The average Bonchev–Trinajstić information content (AvgIpc) is 1.88. The first-order chi connectivity index (χ1) is 5.00. The average molecular weight is 176 g/mol. The van der Waals surface area contributed by atoms with Gasteiger partial charge in [-0.3, -0.25) is 0 Å².